The van der Waals surface area contributed by atoms with E-state index in [0.717, 1.165) is 12.8 Å². The number of alkyl halides is 1. The molecule has 3 aromatic rings. The van der Waals surface area contributed by atoms with Crippen molar-refractivity contribution >= 4 is 11.0 Å². The predicted molar refractivity (Wildman–Crippen MR) is 90.0 cm³/mol. The third kappa shape index (κ3) is 3.22. The minimum Gasteiger partial charge on any atom is -0.507 e. The zero-order chi connectivity index (χ0) is 17.2. The van der Waals surface area contributed by atoms with Gasteiger partial charge in [-0.3, -0.25) is 9.97 Å². The summed E-state index contributed by atoms with van der Waals surface area (Å²) in [6, 6.07) is 6.58. The lowest BCUT2D eigenvalue weighted by Crippen LogP contribution is -2.32. The number of benzene rings is 1. The number of phenols is 1. The Morgan fingerprint density at radius 2 is 1.76 bits per heavy atom. The first-order chi connectivity index (χ1) is 12.2. The monoisotopic (exact) mass is 340 g/mol. The van der Waals surface area contributed by atoms with Gasteiger partial charge in [0.05, 0.1) is 16.7 Å². The van der Waals surface area contributed by atoms with Gasteiger partial charge in [0.2, 0.25) is 5.88 Å². The highest BCUT2D eigenvalue weighted by atomic mass is 19.1. The Balaban J connectivity index is 1.58. The van der Waals surface area contributed by atoms with E-state index in [-0.39, 0.29) is 5.75 Å². The van der Waals surface area contributed by atoms with E-state index in [1.54, 1.807) is 36.7 Å². The van der Waals surface area contributed by atoms with Crippen molar-refractivity contribution < 1.29 is 14.2 Å². The van der Waals surface area contributed by atoms with Crippen molar-refractivity contribution in [2.75, 3.05) is 0 Å². The van der Waals surface area contributed by atoms with Crippen LogP contribution in [0.5, 0.6) is 11.6 Å². The summed E-state index contributed by atoms with van der Waals surface area (Å²) in [5, 5.41) is 18.3. The minimum absolute atomic E-state index is 0.0482. The molecule has 0 aliphatic heterocycles. The molecule has 6 nitrogen and oxygen atoms in total. The molecule has 1 aliphatic rings. The van der Waals surface area contributed by atoms with Gasteiger partial charge >= 0.3 is 0 Å². The van der Waals surface area contributed by atoms with E-state index in [9.17, 15) is 9.50 Å². The Labute approximate surface area is 143 Å². The fourth-order valence-corrected chi connectivity index (χ4v) is 3.07. The number of aromatic nitrogens is 4. The number of nitrogens with zero attached hydrogens (tertiary/aromatic N) is 4. The fourth-order valence-electron chi connectivity index (χ4n) is 3.07. The lowest BCUT2D eigenvalue weighted by Gasteiger charge is -2.25. The summed E-state index contributed by atoms with van der Waals surface area (Å²) >= 11 is 0. The number of hydrogen-bond donors (Lipinski definition) is 1. The molecule has 1 aliphatic carbocycles. The van der Waals surface area contributed by atoms with Gasteiger partial charge in [-0.05, 0) is 31.4 Å². The molecule has 0 bridgehead atoms. The normalized spacial score (nSPS) is 20.5. The summed E-state index contributed by atoms with van der Waals surface area (Å²) in [6.45, 7) is 0. The molecule has 25 heavy (non-hydrogen) atoms. The van der Waals surface area contributed by atoms with Crippen LogP contribution in [-0.4, -0.2) is 37.5 Å². The first-order valence-electron chi connectivity index (χ1n) is 8.29. The summed E-state index contributed by atoms with van der Waals surface area (Å²) in [4.78, 5) is 8.37. The van der Waals surface area contributed by atoms with E-state index < -0.39 is 12.3 Å². The van der Waals surface area contributed by atoms with Crippen molar-refractivity contribution in [1.29, 1.82) is 0 Å². The first-order valence-corrected chi connectivity index (χ1v) is 8.29. The summed E-state index contributed by atoms with van der Waals surface area (Å²) in [5.74, 6) is 0.338. The molecule has 1 aromatic carbocycles. The van der Waals surface area contributed by atoms with Gasteiger partial charge in [-0.25, -0.2) is 4.39 Å². The number of ether oxygens (including phenoxy) is 1. The molecule has 0 saturated heterocycles. The maximum absolute atomic E-state index is 13.9. The van der Waals surface area contributed by atoms with Crippen LogP contribution in [0.4, 0.5) is 4.39 Å². The van der Waals surface area contributed by atoms with Gasteiger partial charge < -0.3 is 9.84 Å². The number of rotatable bonds is 3. The molecule has 7 heteroatoms. The summed E-state index contributed by atoms with van der Waals surface area (Å²) in [5.41, 5.74) is 2.24. The highest BCUT2D eigenvalue weighted by molar-refractivity contribution is 5.84. The predicted octanol–water partition coefficient (Wildman–Crippen LogP) is 3.45. The lowest BCUT2D eigenvalue weighted by molar-refractivity contribution is 0.0594. The van der Waals surface area contributed by atoms with Crippen LogP contribution in [-0.2, 0) is 0 Å². The zero-order valence-electron chi connectivity index (χ0n) is 13.5. The second-order valence-electron chi connectivity index (χ2n) is 6.13. The van der Waals surface area contributed by atoms with E-state index >= 15 is 0 Å². The highest BCUT2D eigenvalue weighted by Crippen LogP contribution is 2.31. The van der Waals surface area contributed by atoms with Crippen LogP contribution >= 0.6 is 0 Å². The molecule has 1 fully saturated rings. The second kappa shape index (κ2) is 6.58. The van der Waals surface area contributed by atoms with Crippen molar-refractivity contribution in [2.45, 2.75) is 38.0 Å². The second-order valence-corrected chi connectivity index (χ2v) is 6.13. The minimum atomic E-state index is -0.960. The molecule has 0 spiro atoms. The average molecular weight is 340 g/mol. The molecule has 0 unspecified atom stereocenters. The molecule has 2 heterocycles. The summed E-state index contributed by atoms with van der Waals surface area (Å²) in [6.07, 6.45) is 4.81. The number of phenolic OH excluding ortho intramolecular Hbond substituents is 1. The zero-order valence-corrected chi connectivity index (χ0v) is 13.5. The summed E-state index contributed by atoms with van der Waals surface area (Å²) < 4.78 is 19.5. The van der Waals surface area contributed by atoms with Gasteiger partial charge in [-0.15, -0.1) is 10.2 Å². The Morgan fingerprint density at radius 1 is 1.00 bits per heavy atom. The van der Waals surface area contributed by atoms with Crippen LogP contribution in [0.1, 0.15) is 25.7 Å². The Hall–Kier alpha value is -2.83. The molecule has 2 aromatic heterocycles. The Bertz CT molecular complexity index is 888. The van der Waals surface area contributed by atoms with Crippen molar-refractivity contribution in [3.63, 3.8) is 0 Å². The van der Waals surface area contributed by atoms with Gasteiger partial charge in [0.15, 0.2) is 0 Å². The summed E-state index contributed by atoms with van der Waals surface area (Å²) in [7, 11) is 0. The van der Waals surface area contributed by atoms with Crippen molar-refractivity contribution in [2.24, 2.45) is 0 Å². The maximum atomic E-state index is 13.9. The van der Waals surface area contributed by atoms with Gasteiger partial charge in [0.25, 0.3) is 0 Å². The largest absolute Gasteiger partial charge is 0.507 e. The Kier molecular flexibility index (Phi) is 4.13. The number of fused-ring (bicyclic) bond motifs is 1. The highest BCUT2D eigenvalue weighted by Gasteiger charge is 2.26. The molecule has 0 radical (unpaired) electrons. The SMILES string of the molecule is Oc1cc2nccnc2cc1-c1ccc(O[C@H]2CCCC[C@H]2F)nn1. The third-order valence-electron chi connectivity index (χ3n) is 4.40. The third-order valence-corrected chi connectivity index (χ3v) is 4.40. The molecule has 2 atom stereocenters. The topological polar surface area (TPSA) is 81.0 Å². The number of hydrogen-bond acceptors (Lipinski definition) is 6. The van der Waals surface area contributed by atoms with Crippen LogP contribution in [0.15, 0.2) is 36.7 Å². The molecular weight excluding hydrogens is 323 g/mol. The molecule has 0 amide bonds. The van der Waals surface area contributed by atoms with Gasteiger partial charge in [0.1, 0.15) is 18.0 Å². The van der Waals surface area contributed by atoms with E-state index in [0.29, 0.717) is 41.0 Å². The first kappa shape index (κ1) is 15.7. The van der Waals surface area contributed by atoms with Gasteiger partial charge in [0, 0.05) is 30.1 Å². The molecular formula is C18H17FN4O2. The Morgan fingerprint density at radius 3 is 2.48 bits per heavy atom. The van der Waals surface area contributed by atoms with Crippen LogP contribution in [0, 0.1) is 0 Å². The van der Waals surface area contributed by atoms with E-state index in [2.05, 4.69) is 20.2 Å². The molecule has 128 valence electrons. The smallest absolute Gasteiger partial charge is 0.233 e. The number of aromatic hydroxyl groups is 1. The van der Waals surface area contributed by atoms with Crippen LogP contribution in [0.25, 0.3) is 22.3 Å². The molecule has 4 rings (SSSR count). The van der Waals surface area contributed by atoms with E-state index in [4.69, 9.17) is 4.74 Å². The van der Waals surface area contributed by atoms with Gasteiger partial charge in [-0.1, -0.05) is 6.42 Å². The van der Waals surface area contributed by atoms with Crippen molar-refractivity contribution in [1.82, 2.24) is 20.2 Å². The standard InChI is InChI=1S/C18H17FN4O2/c19-12-3-1-2-4-17(12)25-18-6-5-13(22-23-18)11-9-14-15(10-16(11)24)21-8-7-20-14/h5-10,12,17,24H,1-4H2/t12-,17+/m1/s1. The van der Waals surface area contributed by atoms with E-state index in [1.165, 1.54) is 0 Å². The van der Waals surface area contributed by atoms with Crippen LogP contribution < -0.4 is 4.74 Å². The molecule has 1 N–H and O–H groups in total. The van der Waals surface area contributed by atoms with Crippen LogP contribution in [0.2, 0.25) is 0 Å². The maximum Gasteiger partial charge on any atom is 0.233 e. The van der Waals surface area contributed by atoms with Crippen molar-refractivity contribution in [3.8, 4) is 22.9 Å². The van der Waals surface area contributed by atoms with Crippen molar-refractivity contribution in [3.05, 3.63) is 36.7 Å². The molecule has 1 saturated carbocycles. The van der Waals surface area contributed by atoms with Crippen LogP contribution in [0.3, 0.4) is 0 Å². The quantitative estimate of drug-likeness (QED) is 0.786. The fraction of sp³-hybridized carbons (Fsp3) is 0.333. The van der Waals surface area contributed by atoms with E-state index in [1.807, 2.05) is 0 Å². The number of halogens is 1. The van der Waals surface area contributed by atoms with Gasteiger partial charge in [-0.2, -0.15) is 0 Å². The lowest BCUT2D eigenvalue weighted by atomic mass is 9.96. The average Bonchev–Trinajstić information content (AvgIpc) is 2.64.